The number of halogens is 3. The lowest BCUT2D eigenvalue weighted by Gasteiger charge is -2.33. The molecule has 0 saturated carbocycles. The molecule has 1 aromatic heterocycles. The van der Waals surface area contributed by atoms with Crippen LogP contribution in [0.4, 0.5) is 13.2 Å². The van der Waals surface area contributed by atoms with Crippen LogP contribution in [0.2, 0.25) is 0 Å². The number of rotatable bonds is 8. The van der Waals surface area contributed by atoms with Gasteiger partial charge in [0.05, 0.1) is 25.1 Å². The van der Waals surface area contributed by atoms with Gasteiger partial charge in [0.25, 0.3) is 0 Å². The molecular weight excluding hydrogens is 385 g/mol. The first kappa shape index (κ1) is 22.7. The van der Waals surface area contributed by atoms with Crippen molar-refractivity contribution < 1.29 is 27.8 Å². The highest BCUT2D eigenvalue weighted by Crippen LogP contribution is 2.30. The fourth-order valence-corrected chi connectivity index (χ4v) is 3.12. The number of alkyl halides is 3. The summed E-state index contributed by atoms with van der Waals surface area (Å²) in [5, 5.41) is 10.8. The molecule has 0 aliphatic carbocycles. The third-order valence-corrected chi connectivity index (χ3v) is 4.72. The zero-order chi connectivity index (χ0) is 21.6. The van der Waals surface area contributed by atoms with Gasteiger partial charge < -0.3 is 14.7 Å². The molecule has 0 aliphatic rings. The second kappa shape index (κ2) is 9.73. The Hall–Kier alpha value is -2.61. The van der Waals surface area contributed by atoms with Crippen molar-refractivity contribution >= 4 is 5.91 Å². The summed E-state index contributed by atoms with van der Waals surface area (Å²) in [6, 6.07) is 5.58. The monoisotopic (exact) mass is 410 g/mol. The van der Waals surface area contributed by atoms with E-state index in [-0.39, 0.29) is 12.3 Å². The number of pyridine rings is 1. The number of methoxy groups -OCH3 is 1. The average molecular weight is 410 g/mol. The van der Waals surface area contributed by atoms with E-state index in [1.54, 1.807) is 19.2 Å². The summed E-state index contributed by atoms with van der Waals surface area (Å²) >= 11 is 0. The number of carbonyl (C=O) groups excluding carboxylic acids is 1. The summed E-state index contributed by atoms with van der Waals surface area (Å²) in [7, 11) is 1.48. The highest BCUT2D eigenvalue weighted by Gasteiger charge is 2.31. The quantitative estimate of drug-likeness (QED) is 0.714. The molecule has 1 unspecified atom stereocenters. The van der Waals surface area contributed by atoms with E-state index in [1.807, 2.05) is 6.92 Å². The van der Waals surface area contributed by atoms with Crippen LogP contribution in [0.1, 0.15) is 43.1 Å². The molecule has 8 heteroatoms. The van der Waals surface area contributed by atoms with Crippen molar-refractivity contribution in [1.82, 2.24) is 9.88 Å². The van der Waals surface area contributed by atoms with Gasteiger partial charge in [0.2, 0.25) is 5.91 Å². The molecule has 1 heterocycles. The van der Waals surface area contributed by atoms with E-state index in [1.165, 1.54) is 30.3 Å². The van der Waals surface area contributed by atoms with Gasteiger partial charge in [-0.05, 0) is 37.1 Å². The lowest BCUT2D eigenvalue weighted by Crippen LogP contribution is -2.43. The van der Waals surface area contributed by atoms with Crippen LogP contribution in [-0.4, -0.2) is 40.6 Å². The normalized spacial score (nSPS) is 13.6. The molecule has 0 saturated heterocycles. The molecular formula is C21H25F3N2O3. The van der Waals surface area contributed by atoms with Gasteiger partial charge in [-0.3, -0.25) is 9.78 Å². The maximum Gasteiger partial charge on any atom is 0.416 e. The molecule has 1 N–H and O–H groups in total. The zero-order valence-electron chi connectivity index (χ0n) is 16.6. The number of aromatic nitrogens is 1. The number of benzene rings is 1. The third-order valence-electron chi connectivity index (χ3n) is 4.72. The number of aliphatic hydroxyl groups excluding tert-OH is 1. The minimum atomic E-state index is -4.42. The largest absolute Gasteiger partial charge is 0.496 e. The minimum absolute atomic E-state index is 0.0562. The number of nitrogens with zero attached hydrogens (tertiary/aromatic N) is 2. The second-order valence-corrected chi connectivity index (χ2v) is 6.76. The van der Waals surface area contributed by atoms with Crippen LogP contribution >= 0.6 is 0 Å². The number of carbonyl (C=O) groups is 1. The van der Waals surface area contributed by atoms with Crippen LogP contribution in [0.15, 0.2) is 42.7 Å². The Bertz CT molecular complexity index is 810. The summed E-state index contributed by atoms with van der Waals surface area (Å²) in [5.41, 5.74) is 0.183. The number of aliphatic hydroxyl groups is 1. The first-order chi connectivity index (χ1) is 13.7. The Balaban J connectivity index is 2.17. The topological polar surface area (TPSA) is 62.7 Å². The Kier molecular flexibility index (Phi) is 7.61. The smallest absolute Gasteiger partial charge is 0.416 e. The molecule has 0 spiro atoms. The maximum absolute atomic E-state index is 12.9. The Morgan fingerprint density at radius 1 is 1.24 bits per heavy atom. The number of amides is 1. The van der Waals surface area contributed by atoms with Crippen LogP contribution in [0, 0.1) is 0 Å². The molecule has 0 fully saturated rings. The van der Waals surface area contributed by atoms with E-state index < -0.39 is 23.9 Å². The predicted octanol–water partition coefficient (Wildman–Crippen LogP) is 4.01. The van der Waals surface area contributed by atoms with Gasteiger partial charge in [-0.2, -0.15) is 13.2 Å². The van der Waals surface area contributed by atoms with Gasteiger partial charge in [-0.15, -0.1) is 0 Å². The Morgan fingerprint density at radius 2 is 1.90 bits per heavy atom. The number of hydrogen-bond donors (Lipinski definition) is 1. The van der Waals surface area contributed by atoms with E-state index >= 15 is 0 Å². The molecule has 5 nitrogen and oxygen atoms in total. The SMILES string of the molecule is CCCN(C(=O)Cc1ccc(C(F)(F)F)cc1)[C@H](C)C(O)c1cnccc1OC. The zero-order valence-corrected chi connectivity index (χ0v) is 16.6. The molecule has 2 atom stereocenters. The average Bonchev–Trinajstić information content (AvgIpc) is 2.70. The van der Waals surface area contributed by atoms with Crippen molar-refractivity contribution in [2.45, 2.75) is 45.0 Å². The summed E-state index contributed by atoms with van der Waals surface area (Å²) in [5.74, 6) is 0.187. The van der Waals surface area contributed by atoms with Crippen LogP contribution in [0.5, 0.6) is 5.75 Å². The van der Waals surface area contributed by atoms with Gasteiger partial charge >= 0.3 is 6.18 Å². The molecule has 2 aromatic rings. The van der Waals surface area contributed by atoms with Crippen molar-refractivity contribution in [2.75, 3.05) is 13.7 Å². The van der Waals surface area contributed by atoms with Crippen molar-refractivity contribution in [3.63, 3.8) is 0 Å². The molecule has 29 heavy (non-hydrogen) atoms. The summed E-state index contributed by atoms with van der Waals surface area (Å²) < 4.78 is 43.4. The van der Waals surface area contributed by atoms with Crippen molar-refractivity contribution in [3.05, 3.63) is 59.4 Å². The first-order valence-electron chi connectivity index (χ1n) is 9.30. The molecule has 1 aromatic carbocycles. The Morgan fingerprint density at radius 3 is 2.45 bits per heavy atom. The van der Waals surface area contributed by atoms with Gasteiger partial charge in [0.15, 0.2) is 0 Å². The predicted molar refractivity (Wildman–Crippen MR) is 102 cm³/mol. The van der Waals surface area contributed by atoms with Gasteiger partial charge in [0, 0.05) is 24.5 Å². The lowest BCUT2D eigenvalue weighted by atomic mass is 10.0. The second-order valence-electron chi connectivity index (χ2n) is 6.76. The lowest BCUT2D eigenvalue weighted by molar-refractivity contribution is -0.137. The van der Waals surface area contributed by atoms with Gasteiger partial charge in [-0.25, -0.2) is 0 Å². The minimum Gasteiger partial charge on any atom is -0.496 e. The number of hydrogen-bond acceptors (Lipinski definition) is 4. The summed E-state index contributed by atoms with van der Waals surface area (Å²) in [4.78, 5) is 18.4. The van der Waals surface area contributed by atoms with E-state index in [0.29, 0.717) is 29.8 Å². The van der Waals surface area contributed by atoms with Gasteiger partial charge in [-0.1, -0.05) is 19.1 Å². The molecule has 1 amide bonds. The van der Waals surface area contributed by atoms with Crippen molar-refractivity contribution in [1.29, 1.82) is 0 Å². The van der Waals surface area contributed by atoms with E-state index in [0.717, 1.165) is 12.1 Å². The standard InChI is InChI=1S/C21H25F3N2O3/c1-4-11-26(14(2)20(28)17-13-25-10-9-18(17)29-3)19(27)12-15-5-7-16(8-6-15)21(22,23)24/h5-10,13-14,20,28H,4,11-12H2,1-3H3/t14-,20?/m1/s1. The van der Waals surface area contributed by atoms with Gasteiger partial charge in [0.1, 0.15) is 11.9 Å². The summed E-state index contributed by atoms with van der Waals surface area (Å²) in [6.07, 6.45) is -1.80. The fraction of sp³-hybridized carbons (Fsp3) is 0.429. The van der Waals surface area contributed by atoms with E-state index in [9.17, 15) is 23.1 Å². The summed E-state index contributed by atoms with van der Waals surface area (Å²) in [6.45, 7) is 4.03. The van der Waals surface area contributed by atoms with E-state index in [2.05, 4.69) is 4.98 Å². The van der Waals surface area contributed by atoms with Crippen molar-refractivity contribution in [2.24, 2.45) is 0 Å². The highest BCUT2D eigenvalue weighted by molar-refractivity contribution is 5.79. The van der Waals surface area contributed by atoms with Crippen molar-refractivity contribution in [3.8, 4) is 5.75 Å². The maximum atomic E-state index is 12.9. The van der Waals surface area contributed by atoms with E-state index in [4.69, 9.17) is 4.74 Å². The molecule has 0 radical (unpaired) electrons. The highest BCUT2D eigenvalue weighted by atomic mass is 19.4. The molecule has 158 valence electrons. The molecule has 0 bridgehead atoms. The van der Waals surface area contributed by atoms with Crippen LogP contribution in [0.25, 0.3) is 0 Å². The first-order valence-corrected chi connectivity index (χ1v) is 9.30. The third kappa shape index (κ3) is 5.69. The van der Waals surface area contributed by atoms with Crippen LogP contribution in [-0.2, 0) is 17.4 Å². The fourth-order valence-electron chi connectivity index (χ4n) is 3.12. The Labute approximate surface area is 168 Å². The molecule has 2 rings (SSSR count). The molecule has 0 aliphatic heterocycles. The number of ether oxygens (including phenoxy) is 1. The van der Waals surface area contributed by atoms with Crippen LogP contribution in [0.3, 0.4) is 0 Å². The van der Waals surface area contributed by atoms with Crippen LogP contribution < -0.4 is 4.74 Å².